The van der Waals surface area contributed by atoms with E-state index < -0.39 is 5.97 Å². The van der Waals surface area contributed by atoms with Gasteiger partial charge in [0.1, 0.15) is 0 Å². The molecule has 0 bridgehead atoms. The predicted octanol–water partition coefficient (Wildman–Crippen LogP) is 1.52. The lowest BCUT2D eigenvalue weighted by Crippen LogP contribution is -2.37. The lowest BCUT2D eigenvalue weighted by atomic mass is 10.00. The van der Waals surface area contributed by atoms with Crippen LogP contribution in [0.2, 0.25) is 0 Å². The number of nitrogens with zero attached hydrogens (tertiary/aromatic N) is 1. The van der Waals surface area contributed by atoms with Crippen molar-refractivity contribution in [2.75, 3.05) is 6.54 Å². The fraction of sp³-hybridized carbons (Fsp3) is 0.786. The number of aliphatic carboxylic acids is 1. The van der Waals surface area contributed by atoms with E-state index in [0.717, 1.165) is 12.8 Å². The van der Waals surface area contributed by atoms with Crippen molar-refractivity contribution in [3.8, 4) is 0 Å². The van der Waals surface area contributed by atoms with Gasteiger partial charge in [-0.1, -0.05) is 20.3 Å². The summed E-state index contributed by atoms with van der Waals surface area (Å²) in [7, 11) is 0. The Labute approximate surface area is 113 Å². The van der Waals surface area contributed by atoms with Gasteiger partial charge >= 0.3 is 5.97 Å². The van der Waals surface area contributed by atoms with E-state index >= 15 is 0 Å². The number of carbonyl (C=O) groups excluding carboxylic acids is 2. The van der Waals surface area contributed by atoms with Crippen molar-refractivity contribution in [1.82, 2.24) is 4.90 Å². The quantitative estimate of drug-likeness (QED) is 0.766. The molecule has 5 nitrogen and oxygen atoms in total. The zero-order valence-electron chi connectivity index (χ0n) is 11.5. The highest BCUT2D eigenvalue weighted by atomic mass is 16.4. The van der Waals surface area contributed by atoms with Crippen LogP contribution >= 0.6 is 0 Å². The lowest BCUT2D eigenvalue weighted by molar-refractivity contribution is -0.144. The second kappa shape index (κ2) is 5.31. The number of amides is 2. The van der Waals surface area contributed by atoms with Gasteiger partial charge in [-0.25, -0.2) is 0 Å². The summed E-state index contributed by atoms with van der Waals surface area (Å²) < 4.78 is 0. The second-order valence-corrected chi connectivity index (χ2v) is 5.95. The van der Waals surface area contributed by atoms with Crippen LogP contribution in [0, 0.1) is 23.7 Å². The summed E-state index contributed by atoms with van der Waals surface area (Å²) in [5.74, 6) is -1.03. The summed E-state index contributed by atoms with van der Waals surface area (Å²) in [6, 6.07) is 0. The van der Waals surface area contributed by atoms with Gasteiger partial charge in [0.25, 0.3) is 0 Å². The van der Waals surface area contributed by atoms with Gasteiger partial charge in [-0.3, -0.25) is 19.3 Å². The molecule has 0 aromatic rings. The maximum atomic E-state index is 12.2. The van der Waals surface area contributed by atoms with E-state index in [2.05, 4.69) is 6.92 Å². The molecule has 1 N–H and O–H groups in total. The number of imide groups is 1. The topological polar surface area (TPSA) is 74.7 Å². The zero-order valence-corrected chi connectivity index (χ0v) is 11.5. The summed E-state index contributed by atoms with van der Waals surface area (Å²) in [6.45, 7) is 4.23. The Morgan fingerprint density at radius 1 is 1.32 bits per heavy atom. The predicted molar refractivity (Wildman–Crippen MR) is 68.1 cm³/mol. The van der Waals surface area contributed by atoms with Crippen molar-refractivity contribution >= 4 is 17.8 Å². The first-order valence-electron chi connectivity index (χ1n) is 7.01. The maximum Gasteiger partial charge on any atom is 0.303 e. The molecule has 2 fully saturated rings. The van der Waals surface area contributed by atoms with Crippen LogP contribution in [0.15, 0.2) is 0 Å². The van der Waals surface area contributed by atoms with Crippen LogP contribution in [0.1, 0.15) is 39.5 Å². The highest BCUT2D eigenvalue weighted by Gasteiger charge is 2.51. The molecule has 3 unspecified atom stereocenters. The largest absolute Gasteiger partial charge is 0.481 e. The van der Waals surface area contributed by atoms with Crippen LogP contribution in [-0.2, 0) is 14.4 Å². The van der Waals surface area contributed by atoms with Crippen LogP contribution in [0.5, 0.6) is 0 Å². The van der Waals surface area contributed by atoms with Crippen LogP contribution in [0.25, 0.3) is 0 Å². The van der Waals surface area contributed by atoms with Crippen molar-refractivity contribution < 1.29 is 19.5 Å². The molecule has 0 aromatic carbocycles. The van der Waals surface area contributed by atoms with Crippen molar-refractivity contribution in [2.24, 2.45) is 23.7 Å². The first-order chi connectivity index (χ1) is 8.93. The summed E-state index contributed by atoms with van der Waals surface area (Å²) in [5, 5.41) is 8.83. The third-order valence-electron chi connectivity index (χ3n) is 4.45. The van der Waals surface area contributed by atoms with Gasteiger partial charge in [0.2, 0.25) is 11.8 Å². The summed E-state index contributed by atoms with van der Waals surface area (Å²) in [5.41, 5.74) is 0. The smallest absolute Gasteiger partial charge is 0.303 e. The third kappa shape index (κ3) is 2.65. The SMILES string of the molecule is CCC(CC(=O)O)CN1C(=O)C2CC(C)CC2C1=O. The van der Waals surface area contributed by atoms with Gasteiger partial charge in [0.05, 0.1) is 11.8 Å². The molecule has 2 amide bonds. The average Bonchev–Trinajstić information content (AvgIpc) is 2.81. The van der Waals surface area contributed by atoms with Crippen LogP contribution in [0.3, 0.4) is 0 Å². The van der Waals surface area contributed by atoms with E-state index in [0.29, 0.717) is 12.3 Å². The zero-order chi connectivity index (χ0) is 14.2. The van der Waals surface area contributed by atoms with Crippen LogP contribution in [-0.4, -0.2) is 34.3 Å². The molecule has 106 valence electrons. The molecule has 1 heterocycles. The number of carboxylic acids is 1. The summed E-state index contributed by atoms with van der Waals surface area (Å²) in [4.78, 5) is 36.5. The number of hydrogen-bond acceptors (Lipinski definition) is 3. The van der Waals surface area contributed by atoms with Gasteiger partial charge in [-0.05, 0) is 24.7 Å². The Kier molecular flexibility index (Phi) is 3.92. The van der Waals surface area contributed by atoms with Crippen LogP contribution in [0.4, 0.5) is 0 Å². The van der Waals surface area contributed by atoms with Gasteiger partial charge in [0, 0.05) is 13.0 Å². The molecular weight excluding hydrogens is 246 g/mol. The molecule has 2 aliphatic rings. The molecule has 0 aromatic heterocycles. The van der Waals surface area contributed by atoms with Crippen molar-refractivity contribution in [3.05, 3.63) is 0 Å². The van der Waals surface area contributed by atoms with E-state index in [1.807, 2.05) is 6.92 Å². The van der Waals surface area contributed by atoms with E-state index in [9.17, 15) is 14.4 Å². The first kappa shape index (κ1) is 14.0. The molecule has 2 rings (SSSR count). The Balaban J connectivity index is 2.04. The van der Waals surface area contributed by atoms with E-state index in [1.165, 1.54) is 4.90 Å². The molecule has 1 saturated carbocycles. The Morgan fingerprint density at radius 2 is 1.84 bits per heavy atom. The minimum atomic E-state index is -0.875. The Bertz CT molecular complexity index is 382. The van der Waals surface area contributed by atoms with Crippen LogP contribution < -0.4 is 0 Å². The molecule has 0 spiro atoms. The Morgan fingerprint density at radius 3 is 2.26 bits per heavy atom. The van der Waals surface area contributed by atoms with Gasteiger partial charge in [0.15, 0.2) is 0 Å². The molecule has 5 heteroatoms. The number of carbonyl (C=O) groups is 3. The van der Waals surface area contributed by atoms with E-state index in [-0.39, 0.29) is 42.5 Å². The highest BCUT2D eigenvalue weighted by molar-refractivity contribution is 6.05. The second-order valence-electron chi connectivity index (χ2n) is 5.95. The minimum Gasteiger partial charge on any atom is -0.481 e. The summed E-state index contributed by atoms with van der Waals surface area (Å²) in [6.07, 6.45) is 2.26. The number of hydrogen-bond donors (Lipinski definition) is 1. The van der Waals surface area contributed by atoms with E-state index in [1.54, 1.807) is 0 Å². The number of fused-ring (bicyclic) bond motifs is 1. The third-order valence-corrected chi connectivity index (χ3v) is 4.45. The molecule has 1 saturated heterocycles. The molecule has 1 aliphatic carbocycles. The summed E-state index contributed by atoms with van der Waals surface area (Å²) >= 11 is 0. The number of carboxylic acid groups (broad SMARTS) is 1. The maximum absolute atomic E-state index is 12.2. The molecular formula is C14H21NO4. The van der Waals surface area contributed by atoms with Crippen molar-refractivity contribution in [2.45, 2.75) is 39.5 Å². The lowest BCUT2D eigenvalue weighted by Gasteiger charge is -2.21. The molecule has 1 aliphatic heterocycles. The van der Waals surface area contributed by atoms with Gasteiger partial charge < -0.3 is 5.11 Å². The highest BCUT2D eigenvalue weighted by Crippen LogP contribution is 2.43. The van der Waals surface area contributed by atoms with Gasteiger partial charge in [-0.15, -0.1) is 0 Å². The normalized spacial score (nSPS) is 31.7. The number of rotatable bonds is 5. The van der Waals surface area contributed by atoms with Crippen molar-refractivity contribution in [3.63, 3.8) is 0 Å². The Hall–Kier alpha value is -1.39. The fourth-order valence-corrected chi connectivity index (χ4v) is 3.37. The first-order valence-corrected chi connectivity index (χ1v) is 7.01. The molecule has 19 heavy (non-hydrogen) atoms. The van der Waals surface area contributed by atoms with Gasteiger partial charge in [-0.2, -0.15) is 0 Å². The molecule has 0 radical (unpaired) electrons. The standard InChI is InChI=1S/C14H21NO4/c1-3-9(6-12(16)17)7-15-13(18)10-4-8(2)5-11(10)14(15)19/h8-11H,3-7H2,1-2H3,(H,16,17). The fourth-order valence-electron chi connectivity index (χ4n) is 3.37. The monoisotopic (exact) mass is 267 g/mol. The molecule has 3 atom stereocenters. The minimum absolute atomic E-state index is 0.0132. The average molecular weight is 267 g/mol. The van der Waals surface area contributed by atoms with Crippen molar-refractivity contribution in [1.29, 1.82) is 0 Å². The number of likely N-dealkylation sites (tertiary alicyclic amines) is 1. The van der Waals surface area contributed by atoms with E-state index in [4.69, 9.17) is 5.11 Å².